The van der Waals surface area contributed by atoms with E-state index >= 15 is 0 Å². The number of benzene rings is 2. The zero-order valence-corrected chi connectivity index (χ0v) is 21.0. The predicted molar refractivity (Wildman–Crippen MR) is 131 cm³/mol. The van der Waals surface area contributed by atoms with E-state index in [9.17, 15) is 14.9 Å². The van der Waals surface area contributed by atoms with Gasteiger partial charge >= 0.3 is 5.97 Å². The second-order valence-corrected chi connectivity index (χ2v) is 8.25. The molecule has 1 heterocycles. The Labute approximate surface area is 211 Å². The normalized spacial score (nSPS) is 15.1. The summed E-state index contributed by atoms with van der Waals surface area (Å²) in [7, 11) is 1.51. The first-order valence-electron chi connectivity index (χ1n) is 10.6. The Bertz CT molecular complexity index is 1250. The van der Waals surface area contributed by atoms with Gasteiger partial charge in [-0.25, -0.2) is 4.79 Å². The number of rotatable bonds is 8. The van der Waals surface area contributed by atoms with E-state index in [1.165, 1.54) is 7.11 Å². The number of hydrogen-bond acceptors (Lipinski definition) is 8. The van der Waals surface area contributed by atoms with Crippen LogP contribution in [0.5, 0.6) is 11.5 Å². The summed E-state index contributed by atoms with van der Waals surface area (Å²) in [5.74, 6) is -1.11. The molecule has 1 amide bonds. The highest BCUT2D eigenvalue weighted by Gasteiger charge is 2.38. The summed E-state index contributed by atoms with van der Waals surface area (Å²) in [6.07, 6.45) is 0. The van der Waals surface area contributed by atoms with Gasteiger partial charge in [-0.05, 0) is 44.2 Å². The Morgan fingerprint density at radius 3 is 2.66 bits per heavy atom. The Hall–Kier alpha value is -3.97. The molecule has 10 heteroatoms. The largest absolute Gasteiger partial charge is 0.495 e. The summed E-state index contributed by atoms with van der Waals surface area (Å²) in [6, 6.07) is 14.1. The number of nitrogens with zero attached hydrogens (tertiary/aromatic N) is 1. The minimum absolute atomic E-state index is 0.0278. The van der Waals surface area contributed by atoms with Gasteiger partial charge < -0.3 is 30.0 Å². The van der Waals surface area contributed by atoms with Crippen LogP contribution < -0.4 is 20.5 Å². The van der Waals surface area contributed by atoms with Crippen molar-refractivity contribution < 1.29 is 28.5 Å². The minimum atomic E-state index is -0.919. The van der Waals surface area contributed by atoms with E-state index in [0.29, 0.717) is 21.5 Å². The maximum Gasteiger partial charge on any atom is 0.338 e. The van der Waals surface area contributed by atoms with Crippen LogP contribution in [0.3, 0.4) is 0 Å². The van der Waals surface area contributed by atoms with Crippen molar-refractivity contribution in [1.82, 2.24) is 0 Å². The average Bonchev–Trinajstić information content (AvgIpc) is 2.83. The number of halogens is 1. The van der Waals surface area contributed by atoms with Gasteiger partial charge in [0.15, 0.2) is 6.61 Å². The number of carbonyl (C=O) groups excluding carboxylic acids is 2. The summed E-state index contributed by atoms with van der Waals surface area (Å²) >= 11 is 3.42. The molecule has 0 aromatic heterocycles. The Morgan fingerprint density at radius 2 is 1.97 bits per heavy atom. The molecule has 3 rings (SSSR count). The van der Waals surface area contributed by atoms with Gasteiger partial charge in [0.25, 0.3) is 5.91 Å². The van der Waals surface area contributed by atoms with Crippen molar-refractivity contribution in [2.45, 2.75) is 19.8 Å². The van der Waals surface area contributed by atoms with Crippen LogP contribution in [0, 0.1) is 11.3 Å². The molecule has 1 aliphatic rings. The average molecular weight is 542 g/mol. The second kappa shape index (κ2) is 11.4. The van der Waals surface area contributed by atoms with Gasteiger partial charge in [0.2, 0.25) is 5.88 Å². The molecule has 0 fully saturated rings. The lowest BCUT2D eigenvalue weighted by atomic mass is 9.82. The number of nitrogens with two attached hydrogens (primary N) is 1. The molecule has 0 bridgehead atoms. The number of hydrogen-bond donors (Lipinski definition) is 2. The number of allylic oxidation sites excluding steroid dienone is 2. The molecule has 2 aromatic rings. The Morgan fingerprint density at radius 1 is 1.23 bits per heavy atom. The van der Waals surface area contributed by atoms with Crippen molar-refractivity contribution >= 4 is 33.5 Å². The van der Waals surface area contributed by atoms with Crippen molar-refractivity contribution in [3.05, 3.63) is 75.3 Å². The molecule has 9 nitrogen and oxygen atoms in total. The monoisotopic (exact) mass is 541 g/mol. The summed E-state index contributed by atoms with van der Waals surface area (Å²) in [6.45, 7) is 3.04. The van der Waals surface area contributed by atoms with Crippen molar-refractivity contribution in [2.75, 3.05) is 25.6 Å². The molecule has 182 valence electrons. The van der Waals surface area contributed by atoms with Gasteiger partial charge in [-0.2, -0.15) is 5.26 Å². The molecule has 2 aromatic carbocycles. The third kappa shape index (κ3) is 5.75. The summed E-state index contributed by atoms with van der Waals surface area (Å²) in [4.78, 5) is 25.4. The highest BCUT2D eigenvalue weighted by molar-refractivity contribution is 9.10. The van der Waals surface area contributed by atoms with Gasteiger partial charge in [0, 0.05) is 10.0 Å². The third-order valence-electron chi connectivity index (χ3n) is 5.12. The van der Waals surface area contributed by atoms with E-state index in [4.69, 9.17) is 24.7 Å². The fraction of sp³-hybridized carbons (Fsp3) is 0.240. The van der Waals surface area contributed by atoms with Crippen molar-refractivity contribution in [2.24, 2.45) is 5.73 Å². The molecule has 0 radical (unpaired) electrons. The van der Waals surface area contributed by atoms with Crippen LogP contribution in [-0.2, 0) is 19.1 Å². The van der Waals surface area contributed by atoms with Crippen molar-refractivity contribution in [1.29, 1.82) is 5.26 Å². The zero-order valence-electron chi connectivity index (χ0n) is 19.4. The molecular weight excluding hydrogens is 518 g/mol. The third-order valence-corrected chi connectivity index (χ3v) is 5.62. The lowest BCUT2D eigenvalue weighted by molar-refractivity contribution is -0.139. The molecule has 1 unspecified atom stereocenters. The standard InChI is InChI=1S/C25H24BrN3O6/c1-4-33-25(31)22-14(2)35-24(28)17(12-27)23(22)16-11-15(26)9-10-19(16)34-13-21(30)29-18-7-5-6-8-20(18)32-3/h5-11,23H,4,13,28H2,1-3H3,(H,29,30). The van der Waals surface area contributed by atoms with Crippen LogP contribution in [0.15, 0.2) is 69.7 Å². The topological polar surface area (TPSA) is 133 Å². The first-order valence-corrected chi connectivity index (χ1v) is 11.4. The van der Waals surface area contributed by atoms with E-state index in [1.807, 2.05) is 6.07 Å². The van der Waals surface area contributed by atoms with Crippen LogP contribution in [0.1, 0.15) is 25.3 Å². The Balaban J connectivity index is 1.95. The zero-order chi connectivity index (χ0) is 25.5. The molecule has 35 heavy (non-hydrogen) atoms. The number of carbonyl (C=O) groups is 2. The minimum Gasteiger partial charge on any atom is -0.495 e. The lowest BCUT2D eigenvalue weighted by Crippen LogP contribution is -2.26. The number of para-hydroxylation sites is 2. The summed E-state index contributed by atoms with van der Waals surface area (Å²) in [5, 5.41) is 12.6. The van der Waals surface area contributed by atoms with Crippen LogP contribution in [0.2, 0.25) is 0 Å². The number of nitriles is 1. The number of methoxy groups -OCH3 is 1. The molecule has 0 spiro atoms. The van der Waals surface area contributed by atoms with Crippen LogP contribution >= 0.6 is 15.9 Å². The van der Waals surface area contributed by atoms with Gasteiger partial charge in [-0.1, -0.05) is 28.1 Å². The van der Waals surface area contributed by atoms with Crippen molar-refractivity contribution in [3.63, 3.8) is 0 Å². The molecule has 1 aliphatic heterocycles. The van der Waals surface area contributed by atoms with Crippen LogP contribution in [0.25, 0.3) is 0 Å². The van der Waals surface area contributed by atoms with Crippen molar-refractivity contribution in [3.8, 4) is 17.6 Å². The van der Waals surface area contributed by atoms with Gasteiger partial charge in [-0.3, -0.25) is 4.79 Å². The molecule has 3 N–H and O–H groups in total. The quantitative estimate of drug-likeness (QED) is 0.476. The first-order chi connectivity index (χ1) is 16.8. The van der Waals surface area contributed by atoms with Gasteiger partial charge in [-0.15, -0.1) is 0 Å². The molecule has 0 saturated heterocycles. The molecular formula is C25H24BrN3O6. The van der Waals surface area contributed by atoms with E-state index < -0.39 is 17.8 Å². The van der Waals surface area contributed by atoms with Gasteiger partial charge in [0.05, 0.1) is 30.9 Å². The maximum absolute atomic E-state index is 12.8. The lowest BCUT2D eigenvalue weighted by Gasteiger charge is -2.28. The molecule has 0 saturated carbocycles. The Kier molecular flexibility index (Phi) is 8.39. The SMILES string of the molecule is CCOC(=O)C1=C(C)OC(N)=C(C#N)C1c1cc(Br)ccc1OCC(=O)Nc1ccccc1OC. The fourth-order valence-electron chi connectivity index (χ4n) is 3.62. The predicted octanol–water partition coefficient (Wildman–Crippen LogP) is 4.12. The first kappa shape index (κ1) is 25.6. The highest BCUT2D eigenvalue weighted by Crippen LogP contribution is 2.44. The number of ether oxygens (including phenoxy) is 4. The van der Waals surface area contributed by atoms with E-state index in [-0.39, 0.29) is 41.8 Å². The number of nitrogens with one attached hydrogen (secondary N) is 1. The highest BCUT2D eigenvalue weighted by atomic mass is 79.9. The second-order valence-electron chi connectivity index (χ2n) is 7.33. The fourth-order valence-corrected chi connectivity index (χ4v) is 4.00. The van der Waals surface area contributed by atoms with E-state index in [2.05, 4.69) is 21.2 Å². The van der Waals surface area contributed by atoms with Crippen LogP contribution in [-0.4, -0.2) is 32.2 Å². The van der Waals surface area contributed by atoms with E-state index in [1.54, 1.807) is 56.3 Å². The molecule has 1 atom stereocenters. The molecule has 0 aliphatic carbocycles. The summed E-state index contributed by atoms with van der Waals surface area (Å²) in [5.41, 5.74) is 7.07. The number of anilines is 1. The van der Waals surface area contributed by atoms with Gasteiger partial charge in [0.1, 0.15) is 28.9 Å². The smallest absolute Gasteiger partial charge is 0.338 e. The number of amides is 1. The van der Waals surface area contributed by atoms with Crippen LogP contribution in [0.4, 0.5) is 5.69 Å². The maximum atomic E-state index is 12.8. The van der Waals surface area contributed by atoms with E-state index in [0.717, 1.165) is 0 Å². The number of esters is 1. The summed E-state index contributed by atoms with van der Waals surface area (Å²) < 4.78 is 22.4.